The average Bonchev–Trinajstić information content (AvgIpc) is 4.26. The molecule has 1 unspecified atom stereocenters. The lowest BCUT2D eigenvalue weighted by molar-refractivity contribution is -0.905. The number of benzene rings is 5. The number of nitrogens with zero attached hydrogens (tertiary/aromatic N) is 6. The number of hydrogen-bond donors (Lipinski definition) is 3. The number of cyclic esters (lactones) is 1. The first-order valence-electron chi connectivity index (χ1n) is 25.7. The minimum absolute atomic E-state index is 0.0633. The number of thioether (sulfide) groups is 1. The number of anilines is 3. The third kappa shape index (κ3) is 11.4. The summed E-state index contributed by atoms with van der Waals surface area (Å²) in [6, 6.07) is 40.9. The molecule has 0 spiro atoms. The van der Waals surface area contributed by atoms with Gasteiger partial charge in [0.1, 0.15) is 66.3 Å². The molecular weight excluding hydrogens is 1050 g/mol. The van der Waals surface area contributed by atoms with E-state index in [-0.39, 0.29) is 42.7 Å². The Hall–Kier alpha value is -8.27. The number of ether oxygens (including phenoxy) is 3. The summed E-state index contributed by atoms with van der Waals surface area (Å²) in [6.45, 7) is 4.13. The Bertz CT molecular complexity index is 3190. The number of nitrogens with one attached hydrogen (secondary N) is 3. The van der Waals surface area contributed by atoms with E-state index in [0.717, 1.165) is 22.3 Å². The van der Waals surface area contributed by atoms with Gasteiger partial charge in [-0.1, -0.05) is 108 Å². The predicted octanol–water partition coefficient (Wildman–Crippen LogP) is 6.87. The van der Waals surface area contributed by atoms with Gasteiger partial charge in [-0.05, 0) is 52.6 Å². The summed E-state index contributed by atoms with van der Waals surface area (Å²) in [5.74, 6) is -1.59. The van der Waals surface area contributed by atoms with Crippen molar-refractivity contribution in [2.45, 2.75) is 36.6 Å². The molecule has 408 valence electrons. The lowest BCUT2D eigenvalue weighted by Crippen LogP contribution is -2.71. The van der Waals surface area contributed by atoms with Crippen LogP contribution in [0.2, 0.25) is 0 Å². The standard InChI is InChI=1S/C58H58FN9O9S2/c1-37(69)60-31-45-32-66(57(73)77-45)43-22-25-48(46(59)30-43)65-26-28-68(2,29-27-65)33-39-35-78-54-50(53(71)67(54)51(39)55(72)76-34-38-20-23-44(74-3)24-21-38)62-52(70)49(64-75-4)47-36-79-56(61-47)63-58(40-14-8-5-9-15-40,41-16-10-6-11-17-41)42-18-12-7-13-19-42/h5-25,30,36,45,50,54H,26-29,31-35H2,1-4H3,(H2-,60,61,62,63,69,70)/p+1/b64-49-/t45-,50+,54?/m0/s1. The fourth-order valence-corrected chi connectivity index (χ4v) is 12.5. The molecule has 21 heteroatoms. The Labute approximate surface area is 464 Å². The van der Waals surface area contributed by atoms with E-state index in [4.69, 9.17) is 24.0 Å². The van der Waals surface area contributed by atoms with Crippen LogP contribution in [0.5, 0.6) is 5.75 Å². The van der Waals surface area contributed by atoms with Crippen LogP contribution >= 0.6 is 23.1 Å². The van der Waals surface area contributed by atoms with Crippen LogP contribution < -0.4 is 30.5 Å². The summed E-state index contributed by atoms with van der Waals surface area (Å²) >= 11 is 2.72. The van der Waals surface area contributed by atoms with Crippen LogP contribution in [0.4, 0.5) is 25.7 Å². The first-order valence-corrected chi connectivity index (χ1v) is 27.6. The zero-order valence-corrected chi connectivity index (χ0v) is 45.6. The lowest BCUT2D eigenvalue weighted by Gasteiger charge is -2.50. The third-order valence-corrected chi connectivity index (χ3v) is 16.6. The zero-order valence-electron chi connectivity index (χ0n) is 43.9. The molecule has 79 heavy (non-hydrogen) atoms. The molecule has 10 rings (SSSR count). The van der Waals surface area contributed by atoms with Crippen molar-refractivity contribution in [1.29, 1.82) is 0 Å². The molecule has 0 radical (unpaired) electrons. The average molecular weight is 1110 g/mol. The van der Waals surface area contributed by atoms with Gasteiger partial charge in [0.05, 0.1) is 64.8 Å². The second kappa shape index (κ2) is 23.4. The van der Waals surface area contributed by atoms with Gasteiger partial charge >= 0.3 is 12.1 Å². The maximum Gasteiger partial charge on any atom is 0.414 e. The normalized spacial score (nSPS) is 19.0. The Morgan fingerprint density at radius 1 is 0.886 bits per heavy atom. The molecule has 0 bridgehead atoms. The molecule has 4 aliphatic rings. The second-order valence-corrected chi connectivity index (χ2v) is 21.7. The van der Waals surface area contributed by atoms with E-state index in [1.165, 1.54) is 53.0 Å². The highest BCUT2D eigenvalue weighted by atomic mass is 32.2. The molecule has 3 atom stereocenters. The van der Waals surface area contributed by atoms with Crippen LogP contribution in [0.25, 0.3) is 0 Å². The minimum atomic E-state index is -1.03. The smallest absolute Gasteiger partial charge is 0.414 e. The van der Waals surface area contributed by atoms with Crippen molar-refractivity contribution in [3.05, 3.63) is 184 Å². The number of likely N-dealkylation sites (N-methyl/N-ethyl adjacent to an activating group) is 1. The van der Waals surface area contributed by atoms with Crippen molar-refractivity contribution < 1.29 is 51.9 Å². The van der Waals surface area contributed by atoms with Gasteiger partial charge in [0, 0.05) is 23.6 Å². The van der Waals surface area contributed by atoms with Gasteiger partial charge in [0.25, 0.3) is 11.8 Å². The van der Waals surface area contributed by atoms with Gasteiger partial charge in [0.15, 0.2) is 10.8 Å². The number of esters is 1. The highest BCUT2D eigenvalue weighted by Gasteiger charge is 2.55. The Kier molecular flexibility index (Phi) is 16.0. The largest absolute Gasteiger partial charge is 0.497 e. The first-order chi connectivity index (χ1) is 38.3. The fraction of sp³-hybridized carbons (Fsp3) is 0.293. The number of oxime groups is 1. The zero-order chi connectivity index (χ0) is 55.3. The van der Waals surface area contributed by atoms with Crippen molar-refractivity contribution in [2.24, 2.45) is 5.16 Å². The summed E-state index contributed by atoms with van der Waals surface area (Å²) < 4.78 is 33.0. The summed E-state index contributed by atoms with van der Waals surface area (Å²) in [5, 5.41) is 14.9. The molecule has 3 saturated heterocycles. The number of fused-ring (bicyclic) bond motifs is 1. The summed E-state index contributed by atoms with van der Waals surface area (Å²) in [5.41, 5.74) is 4.38. The van der Waals surface area contributed by atoms with Crippen LogP contribution in [0.3, 0.4) is 0 Å². The van der Waals surface area contributed by atoms with Gasteiger partial charge in [-0.2, -0.15) is 0 Å². The summed E-state index contributed by atoms with van der Waals surface area (Å²) in [4.78, 5) is 82.1. The van der Waals surface area contributed by atoms with Gasteiger partial charge in [0.2, 0.25) is 5.91 Å². The quantitative estimate of drug-likeness (QED) is 0.0190. The van der Waals surface area contributed by atoms with E-state index >= 15 is 4.39 Å². The van der Waals surface area contributed by atoms with E-state index in [1.54, 1.807) is 48.9 Å². The first kappa shape index (κ1) is 54.1. The van der Waals surface area contributed by atoms with Crippen molar-refractivity contribution in [3.63, 3.8) is 0 Å². The Morgan fingerprint density at radius 3 is 2.13 bits per heavy atom. The number of methoxy groups -OCH3 is 1. The molecule has 18 nitrogen and oxygen atoms in total. The highest BCUT2D eigenvalue weighted by molar-refractivity contribution is 8.00. The predicted molar refractivity (Wildman–Crippen MR) is 299 cm³/mol. The van der Waals surface area contributed by atoms with Crippen LogP contribution in [-0.2, 0) is 45.6 Å². The molecular formula is C58H59FN9O9S2+. The molecule has 4 aliphatic heterocycles. The van der Waals surface area contributed by atoms with Crippen molar-refractivity contribution in [2.75, 3.05) is 88.0 Å². The molecule has 3 N–H and O–H groups in total. The summed E-state index contributed by atoms with van der Waals surface area (Å²) in [7, 11) is 4.96. The van der Waals surface area contributed by atoms with Gasteiger partial charge in [-0.25, -0.2) is 19.0 Å². The van der Waals surface area contributed by atoms with Crippen molar-refractivity contribution >= 4 is 75.1 Å². The van der Waals surface area contributed by atoms with Crippen LogP contribution in [0, 0.1) is 5.82 Å². The van der Waals surface area contributed by atoms with Gasteiger partial charge < -0.3 is 44.4 Å². The number of β-lactam (4-membered cyclic amide) rings is 1. The SMILES string of the molecule is CO/N=C(\C(=O)N[C@@H]1C(=O)N2C(C(=O)OCc3ccc(OC)cc3)=C(C[N+]3(C)CCN(c4ccc(N5C[C@H](CNC(C)=O)OC5=O)cc4F)CC3)CSC12)c1csc(NC(c2ccccc2)(c2ccccc2)c2ccccc2)n1. The maximum atomic E-state index is 15.9. The van der Waals surface area contributed by atoms with Crippen molar-refractivity contribution in [3.8, 4) is 5.75 Å². The van der Waals surface area contributed by atoms with E-state index in [9.17, 15) is 24.0 Å². The minimum Gasteiger partial charge on any atom is -0.497 e. The fourth-order valence-electron chi connectivity index (χ4n) is 10.4. The molecule has 0 saturated carbocycles. The van der Waals surface area contributed by atoms with Gasteiger partial charge in [-0.15, -0.1) is 23.1 Å². The number of amides is 4. The Balaban J connectivity index is 0.853. The monoisotopic (exact) mass is 1110 g/mol. The van der Waals surface area contributed by atoms with Crippen molar-refractivity contribution in [1.82, 2.24) is 20.5 Å². The van der Waals surface area contributed by atoms with Gasteiger partial charge in [-0.3, -0.25) is 24.2 Å². The van der Waals surface area contributed by atoms with E-state index in [1.807, 2.05) is 59.5 Å². The number of piperazine rings is 1. The Morgan fingerprint density at radius 2 is 1.53 bits per heavy atom. The topological polar surface area (TPSA) is 193 Å². The number of thiazole rings is 1. The van der Waals surface area contributed by atoms with E-state index in [0.29, 0.717) is 70.8 Å². The maximum absolute atomic E-state index is 15.9. The third-order valence-electron chi connectivity index (χ3n) is 14.5. The molecule has 5 aromatic carbocycles. The summed E-state index contributed by atoms with van der Waals surface area (Å²) in [6.07, 6.45) is -1.18. The van der Waals surface area contributed by atoms with E-state index in [2.05, 4.69) is 64.6 Å². The number of hydrogen-bond acceptors (Lipinski definition) is 15. The van der Waals surface area contributed by atoms with E-state index < -0.39 is 52.8 Å². The van der Waals surface area contributed by atoms with Crippen LogP contribution in [0.15, 0.2) is 155 Å². The number of carbonyl (C=O) groups is 5. The molecule has 1 aromatic heterocycles. The number of quaternary nitrogens is 1. The van der Waals surface area contributed by atoms with Crippen LogP contribution in [0.1, 0.15) is 34.9 Å². The molecule has 3 fully saturated rings. The number of halogens is 1. The molecule has 0 aliphatic carbocycles. The lowest BCUT2D eigenvalue weighted by atomic mass is 9.77. The number of carbonyl (C=O) groups excluding carboxylic acids is 5. The molecule has 6 aromatic rings. The second-order valence-electron chi connectivity index (χ2n) is 19.8. The molecule has 4 amide bonds. The molecule has 5 heterocycles. The number of rotatable bonds is 19. The highest BCUT2D eigenvalue weighted by Crippen LogP contribution is 2.43. The number of aromatic nitrogens is 1. The van der Waals surface area contributed by atoms with Crippen LogP contribution in [-0.4, -0.2) is 140 Å².